The number of amides is 1. The minimum absolute atomic E-state index is 0.0955. The molecule has 0 fully saturated rings. The molecule has 2 aromatic carbocycles. The van der Waals surface area contributed by atoms with Gasteiger partial charge in [0, 0.05) is 5.54 Å². The Bertz CT molecular complexity index is 665. The van der Waals surface area contributed by atoms with Gasteiger partial charge in [-0.3, -0.25) is 4.79 Å². The lowest BCUT2D eigenvalue weighted by atomic mass is 9.94. The number of para-hydroxylation sites is 1. The third-order valence-corrected chi connectivity index (χ3v) is 3.98. The molecule has 0 spiro atoms. The maximum atomic E-state index is 12.5. The highest BCUT2D eigenvalue weighted by Gasteiger charge is 2.25. The number of hydrogen-bond donors (Lipinski definition) is 1. The van der Waals surface area contributed by atoms with Crippen molar-refractivity contribution >= 4 is 5.91 Å². The van der Waals surface area contributed by atoms with Gasteiger partial charge in [-0.15, -0.1) is 0 Å². The van der Waals surface area contributed by atoms with Gasteiger partial charge in [-0.1, -0.05) is 55.5 Å². The van der Waals surface area contributed by atoms with E-state index in [1.807, 2.05) is 56.3 Å². The predicted octanol–water partition coefficient (Wildman–Crippen LogP) is 4.15. The van der Waals surface area contributed by atoms with E-state index in [9.17, 15) is 4.79 Å². The van der Waals surface area contributed by atoms with E-state index in [2.05, 4.69) is 24.4 Å². The first kappa shape index (κ1) is 18.1. The van der Waals surface area contributed by atoms with Gasteiger partial charge in [-0.25, -0.2) is 0 Å². The molecule has 0 saturated carbocycles. The van der Waals surface area contributed by atoms with Gasteiger partial charge in [0.25, 0.3) is 5.91 Å². The fourth-order valence-corrected chi connectivity index (χ4v) is 2.74. The molecule has 0 aliphatic carbocycles. The van der Waals surface area contributed by atoms with Crippen LogP contribution >= 0.6 is 0 Å². The first-order valence-electron chi connectivity index (χ1n) is 8.52. The van der Waals surface area contributed by atoms with Gasteiger partial charge < -0.3 is 10.1 Å². The highest BCUT2D eigenvalue weighted by Crippen LogP contribution is 2.20. The van der Waals surface area contributed by atoms with Gasteiger partial charge >= 0.3 is 0 Å². The molecular formula is C21H27NO2. The molecule has 2 aromatic rings. The predicted molar refractivity (Wildman–Crippen MR) is 98.3 cm³/mol. The third-order valence-electron chi connectivity index (χ3n) is 3.98. The van der Waals surface area contributed by atoms with Gasteiger partial charge in [-0.05, 0) is 50.8 Å². The highest BCUT2D eigenvalue weighted by atomic mass is 16.5. The van der Waals surface area contributed by atoms with Gasteiger partial charge in [0.2, 0.25) is 0 Å². The van der Waals surface area contributed by atoms with Crippen LogP contribution in [0.5, 0.6) is 5.75 Å². The number of ether oxygens (including phenoxy) is 1. The SMILES string of the molecule is CCc1ccccc1OC(C)C(=O)NC(C)(C)Cc1ccccc1. The molecule has 2 rings (SSSR count). The summed E-state index contributed by atoms with van der Waals surface area (Å²) in [6, 6.07) is 18.0. The number of nitrogens with one attached hydrogen (secondary N) is 1. The van der Waals surface area contributed by atoms with Crippen molar-refractivity contribution in [2.75, 3.05) is 0 Å². The molecular weight excluding hydrogens is 298 g/mol. The van der Waals surface area contributed by atoms with Crippen molar-refractivity contribution < 1.29 is 9.53 Å². The quantitative estimate of drug-likeness (QED) is 0.830. The molecule has 1 unspecified atom stereocenters. The second-order valence-electron chi connectivity index (χ2n) is 6.76. The van der Waals surface area contributed by atoms with Crippen LogP contribution < -0.4 is 10.1 Å². The lowest BCUT2D eigenvalue weighted by Crippen LogP contribution is -2.49. The molecule has 0 saturated heterocycles. The van der Waals surface area contributed by atoms with Gasteiger partial charge in [-0.2, -0.15) is 0 Å². The summed E-state index contributed by atoms with van der Waals surface area (Å²) in [5, 5.41) is 3.10. The number of carbonyl (C=O) groups excluding carboxylic acids is 1. The second-order valence-corrected chi connectivity index (χ2v) is 6.76. The molecule has 3 nitrogen and oxygen atoms in total. The summed E-state index contributed by atoms with van der Waals surface area (Å²) in [4.78, 5) is 12.5. The molecule has 0 aliphatic rings. The van der Waals surface area contributed by atoms with E-state index in [0.717, 1.165) is 24.2 Å². The van der Waals surface area contributed by atoms with E-state index in [1.165, 1.54) is 5.56 Å². The van der Waals surface area contributed by atoms with Gasteiger partial charge in [0.1, 0.15) is 5.75 Å². The summed E-state index contributed by atoms with van der Waals surface area (Å²) >= 11 is 0. The van der Waals surface area contributed by atoms with E-state index in [4.69, 9.17) is 4.74 Å². The summed E-state index contributed by atoms with van der Waals surface area (Å²) < 4.78 is 5.88. The Morgan fingerprint density at radius 1 is 1.08 bits per heavy atom. The van der Waals surface area contributed by atoms with Crippen LogP contribution in [-0.2, 0) is 17.6 Å². The summed E-state index contributed by atoms with van der Waals surface area (Å²) in [5.74, 6) is 0.686. The van der Waals surface area contributed by atoms with Gasteiger partial charge in [0.15, 0.2) is 6.10 Å². The lowest BCUT2D eigenvalue weighted by molar-refractivity contribution is -0.128. The molecule has 0 aliphatic heterocycles. The average molecular weight is 325 g/mol. The van der Waals surface area contributed by atoms with Gasteiger partial charge in [0.05, 0.1) is 0 Å². The van der Waals surface area contributed by atoms with Crippen LogP contribution in [0.3, 0.4) is 0 Å². The fraction of sp³-hybridized carbons (Fsp3) is 0.381. The van der Waals surface area contributed by atoms with Crippen LogP contribution in [0.4, 0.5) is 0 Å². The maximum Gasteiger partial charge on any atom is 0.261 e. The Morgan fingerprint density at radius 2 is 1.71 bits per heavy atom. The van der Waals surface area contributed by atoms with Crippen LogP contribution in [0.2, 0.25) is 0 Å². The van der Waals surface area contributed by atoms with Crippen LogP contribution in [0.15, 0.2) is 54.6 Å². The van der Waals surface area contributed by atoms with Crippen molar-refractivity contribution in [3.05, 3.63) is 65.7 Å². The number of benzene rings is 2. The number of carbonyl (C=O) groups is 1. The standard InChI is InChI=1S/C21H27NO2/c1-5-18-13-9-10-14-19(18)24-16(2)20(23)22-21(3,4)15-17-11-7-6-8-12-17/h6-14,16H,5,15H2,1-4H3,(H,22,23). The Labute approximate surface area is 145 Å². The second kappa shape index (κ2) is 8.00. The fourth-order valence-electron chi connectivity index (χ4n) is 2.74. The Hall–Kier alpha value is -2.29. The zero-order chi connectivity index (χ0) is 17.6. The minimum Gasteiger partial charge on any atom is -0.481 e. The first-order valence-corrected chi connectivity index (χ1v) is 8.52. The monoisotopic (exact) mass is 325 g/mol. The molecule has 1 N–H and O–H groups in total. The molecule has 0 heterocycles. The highest BCUT2D eigenvalue weighted by molar-refractivity contribution is 5.81. The number of aryl methyl sites for hydroxylation is 1. The van der Waals surface area contributed by atoms with Crippen LogP contribution in [0.25, 0.3) is 0 Å². The molecule has 24 heavy (non-hydrogen) atoms. The van der Waals surface area contributed by atoms with Crippen LogP contribution in [0, 0.1) is 0 Å². The van der Waals surface area contributed by atoms with Crippen molar-refractivity contribution in [2.24, 2.45) is 0 Å². The van der Waals surface area contributed by atoms with E-state index < -0.39 is 6.10 Å². The van der Waals surface area contributed by atoms with Crippen molar-refractivity contribution in [1.29, 1.82) is 0 Å². The topological polar surface area (TPSA) is 38.3 Å². The van der Waals surface area contributed by atoms with Crippen molar-refractivity contribution in [3.63, 3.8) is 0 Å². The lowest BCUT2D eigenvalue weighted by Gasteiger charge is -2.28. The zero-order valence-electron chi connectivity index (χ0n) is 15.0. The van der Waals surface area contributed by atoms with E-state index >= 15 is 0 Å². The smallest absolute Gasteiger partial charge is 0.261 e. The van der Waals surface area contributed by atoms with Crippen molar-refractivity contribution in [3.8, 4) is 5.75 Å². The summed E-state index contributed by atoms with van der Waals surface area (Å²) in [6.07, 6.45) is 1.12. The third kappa shape index (κ3) is 5.12. The zero-order valence-corrected chi connectivity index (χ0v) is 15.0. The Kier molecular flexibility index (Phi) is 6.02. The molecule has 1 amide bonds. The molecule has 1 atom stereocenters. The Morgan fingerprint density at radius 3 is 2.38 bits per heavy atom. The average Bonchev–Trinajstić information content (AvgIpc) is 2.55. The molecule has 128 valence electrons. The molecule has 3 heteroatoms. The minimum atomic E-state index is -0.534. The summed E-state index contributed by atoms with van der Waals surface area (Å²) in [5.41, 5.74) is 1.98. The Balaban J connectivity index is 1.97. The summed E-state index contributed by atoms with van der Waals surface area (Å²) in [7, 11) is 0. The molecule has 0 bridgehead atoms. The number of rotatable bonds is 7. The summed E-state index contributed by atoms with van der Waals surface area (Å²) in [6.45, 7) is 7.94. The van der Waals surface area contributed by atoms with Crippen molar-refractivity contribution in [1.82, 2.24) is 5.32 Å². The van der Waals surface area contributed by atoms with Crippen LogP contribution in [0.1, 0.15) is 38.8 Å². The maximum absolute atomic E-state index is 12.5. The van der Waals surface area contributed by atoms with E-state index in [-0.39, 0.29) is 11.4 Å². The normalized spacial score (nSPS) is 12.5. The van der Waals surface area contributed by atoms with Crippen LogP contribution in [-0.4, -0.2) is 17.6 Å². The van der Waals surface area contributed by atoms with E-state index in [1.54, 1.807) is 6.92 Å². The molecule has 0 radical (unpaired) electrons. The number of hydrogen-bond acceptors (Lipinski definition) is 2. The van der Waals surface area contributed by atoms with E-state index in [0.29, 0.717) is 0 Å². The molecule has 0 aromatic heterocycles. The largest absolute Gasteiger partial charge is 0.481 e. The first-order chi connectivity index (χ1) is 11.4. The van der Waals surface area contributed by atoms with Crippen molar-refractivity contribution in [2.45, 2.75) is 52.2 Å².